The van der Waals surface area contributed by atoms with Crippen molar-refractivity contribution >= 4 is 28.4 Å². The van der Waals surface area contributed by atoms with E-state index in [2.05, 4.69) is 0 Å². The summed E-state index contributed by atoms with van der Waals surface area (Å²) in [5.74, 6) is -0.188. The maximum atomic E-state index is 12.2. The zero-order valence-electron chi connectivity index (χ0n) is 6.85. The predicted octanol–water partition coefficient (Wildman–Crippen LogP) is 3.43. The van der Waals surface area contributed by atoms with E-state index in [1.807, 2.05) is 22.6 Å². The molecular weight excluding hydrogens is 289 g/mol. The molecular formula is C9H7F2IO. The van der Waals surface area contributed by atoms with Crippen molar-refractivity contribution in [3.05, 3.63) is 32.9 Å². The van der Waals surface area contributed by atoms with E-state index in [1.54, 1.807) is 0 Å². The predicted molar refractivity (Wildman–Crippen MR) is 54.1 cm³/mol. The summed E-state index contributed by atoms with van der Waals surface area (Å²) in [7, 11) is 0. The Balaban J connectivity index is 3.19. The molecule has 4 heteroatoms. The maximum Gasteiger partial charge on any atom is 0.263 e. The monoisotopic (exact) mass is 296 g/mol. The van der Waals surface area contributed by atoms with Crippen LogP contribution in [0.2, 0.25) is 0 Å². The van der Waals surface area contributed by atoms with Gasteiger partial charge in [-0.2, -0.15) is 0 Å². The van der Waals surface area contributed by atoms with Crippen LogP contribution in [0.15, 0.2) is 18.2 Å². The van der Waals surface area contributed by atoms with Crippen LogP contribution in [-0.2, 0) is 0 Å². The van der Waals surface area contributed by atoms with Crippen LogP contribution in [0.4, 0.5) is 8.78 Å². The van der Waals surface area contributed by atoms with Gasteiger partial charge in [-0.15, -0.1) is 0 Å². The lowest BCUT2D eigenvalue weighted by atomic mass is 10.1. The lowest BCUT2D eigenvalue weighted by molar-refractivity contribution is 0.101. The Labute approximate surface area is 88.3 Å². The lowest BCUT2D eigenvalue weighted by Crippen LogP contribution is -1.98. The smallest absolute Gasteiger partial charge is 0.263 e. The Morgan fingerprint density at radius 2 is 2.08 bits per heavy atom. The number of rotatable bonds is 2. The van der Waals surface area contributed by atoms with Crippen LogP contribution in [0.1, 0.15) is 29.3 Å². The molecule has 0 N–H and O–H groups in total. The van der Waals surface area contributed by atoms with Gasteiger partial charge in [-0.25, -0.2) is 8.78 Å². The highest BCUT2D eigenvalue weighted by Crippen LogP contribution is 2.22. The van der Waals surface area contributed by atoms with Crippen LogP contribution in [0.3, 0.4) is 0 Å². The number of carbonyl (C=O) groups excluding carboxylic acids is 1. The minimum absolute atomic E-state index is 0.106. The third-order valence-corrected chi connectivity index (χ3v) is 2.56. The highest BCUT2D eigenvalue weighted by molar-refractivity contribution is 14.1. The first-order valence-electron chi connectivity index (χ1n) is 3.61. The Kier molecular flexibility index (Phi) is 3.35. The van der Waals surface area contributed by atoms with E-state index in [0.717, 1.165) is 0 Å². The quantitative estimate of drug-likeness (QED) is 0.603. The molecule has 1 rings (SSSR count). The average molecular weight is 296 g/mol. The summed E-state index contributed by atoms with van der Waals surface area (Å²) in [5, 5.41) is 0. The van der Waals surface area contributed by atoms with Gasteiger partial charge in [0.05, 0.1) is 0 Å². The molecule has 0 aromatic heterocycles. The number of carbonyl (C=O) groups is 1. The fraction of sp³-hybridized carbons (Fsp3) is 0.222. The van der Waals surface area contributed by atoms with E-state index in [0.29, 0.717) is 9.13 Å². The van der Waals surface area contributed by atoms with Crippen molar-refractivity contribution in [1.82, 2.24) is 0 Å². The number of hydrogen-bond acceptors (Lipinski definition) is 1. The molecule has 1 aromatic carbocycles. The molecule has 0 aliphatic rings. The third-order valence-electron chi connectivity index (χ3n) is 1.62. The summed E-state index contributed by atoms with van der Waals surface area (Å²) in [6.45, 7) is 1.37. The summed E-state index contributed by atoms with van der Waals surface area (Å²) < 4.78 is 25.2. The number of hydrogen-bond donors (Lipinski definition) is 0. The van der Waals surface area contributed by atoms with Crippen LogP contribution in [0, 0.1) is 3.57 Å². The second-order valence-electron chi connectivity index (χ2n) is 2.60. The van der Waals surface area contributed by atoms with Crippen LogP contribution < -0.4 is 0 Å². The molecule has 0 saturated carbocycles. The third kappa shape index (κ3) is 2.46. The van der Waals surface area contributed by atoms with Crippen molar-refractivity contribution in [3.8, 4) is 0 Å². The van der Waals surface area contributed by atoms with E-state index in [1.165, 1.54) is 25.1 Å². The van der Waals surface area contributed by atoms with E-state index >= 15 is 0 Å². The van der Waals surface area contributed by atoms with Gasteiger partial charge < -0.3 is 0 Å². The van der Waals surface area contributed by atoms with Gasteiger partial charge in [0.1, 0.15) is 0 Å². The number of benzene rings is 1. The van der Waals surface area contributed by atoms with Gasteiger partial charge in [0.15, 0.2) is 5.78 Å². The minimum atomic E-state index is -2.52. The molecule has 0 unspecified atom stereocenters. The fourth-order valence-corrected chi connectivity index (χ4v) is 1.66. The summed E-state index contributed by atoms with van der Waals surface area (Å²) in [6, 6.07) is 4.10. The summed E-state index contributed by atoms with van der Waals surface area (Å²) in [6.07, 6.45) is -2.52. The minimum Gasteiger partial charge on any atom is -0.294 e. The Morgan fingerprint density at radius 1 is 1.46 bits per heavy atom. The molecule has 1 nitrogen and oxygen atoms in total. The van der Waals surface area contributed by atoms with Crippen molar-refractivity contribution in [2.75, 3.05) is 0 Å². The molecule has 70 valence electrons. The van der Waals surface area contributed by atoms with Gasteiger partial charge in [-0.1, -0.05) is 6.07 Å². The molecule has 0 spiro atoms. The SMILES string of the molecule is CC(=O)c1cc(C(F)F)ccc1I. The molecule has 0 aliphatic heterocycles. The number of halogens is 3. The van der Waals surface area contributed by atoms with Crippen LogP contribution in [0.5, 0.6) is 0 Å². The van der Waals surface area contributed by atoms with Gasteiger partial charge in [-0.3, -0.25) is 4.79 Å². The summed E-state index contributed by atoms with van der Waals surface area (Å²) in [5.41, 5.74) is 0.254. The number of Topliss-reactive ketones (excluding diaryl/α,β-unsaturated/α-hetero) is 1. The van der Waals surface area contributed by atoms with Gasteiger partial charge >= 0.3 is 0 Å². The van der Waals surface area contributed by atoms with E-state index < -0.39 is 6.43 Å². The first kappa shape index (κ1) is 10.6. The van der Waals surface area contributed by atoms with Gasteiger partial charge in [0.25, 0.3) is 6.43 Å². The normalized spacial score (nSPS) is 10.5. The van der Waals surface area contributed by atoms with E-state index in [9.17, 15) is 13.6 Å². The van der Waals surface area contributed by atoms with Crippen molar-refractivity contribution in [2.24, 2.45) is 0 Å². The Hall–Kier alpha value is -0.520. The second kappa shape index (κ2) is 4.13. The molecule has 0 fully saturated rings. The zero-order chi connectivity index (χ0) is 10.0. The van der Waals surface area contributed by atoms with Gasteiger partial charge in [0.2, 0.25) is 0 Å². The molecule has 0 bridgehead atoms. The Bertz CT molecular complexity index is 336. The summed E-state index contributed by atoms with van der Waals surface area (Å²) >= 11 is 1.95. The molecule has 0 heterocycles. The topological polar surface area (TPSA) is 17.1 Å². The second-order valence-corrected chi connectivity index (χ2v) is 3.76. The van der Waals surface area contributed by atoms with Crippen LogP contribution >= 0.6 is 22.6 Å². The van der Waals surface area contributed by atoms with Crippen molar-refractivity contribution in [3.63, 3.8) is 0 Å². The number of alkyl halides is 2. The van der Waals surface area contributed by atoms with Crippen LogP contribution in [0.25, 0.3) is 0 Å². The van der Waals surface area contributed by atoms with Crippen molar-refractivity contribution in [2.45, 2.75) is 13.3 Å². The highest BCUT2D eigenvalue weighted by atomic mass is 127. The molecule has 0 atom stereocenters. The fourth-order valence-electron chi connectivity index (χ4n) is 0.948. The lowest BCUT2D eigenvalue weighted by Gasteiger charge is -2.03. The maximum absolute atomic E-state index is 12.2. The highest BCUT2D eigenvalue weighted by Gasteiger charge is 2.11. The zero-order valence-corrected chi connectivity index (χ0v) is 9.01. The van der Waals surface area contributed by atoms with Gasteiger partial charge in [-0.05, 0) is 41.6 Å². The van der Waals surface area contributed by atoms with Gasteiger partial charge in [0, 0.05) is 14.7 Å². The molecule has 0 aliphatic carbocycles. The first-order valence-corrected chi connectivity index (χ1v) is 4.69. The molecule has 1 aromatic rings. The van der Waals surface area contributed by atoms with Crippen molar-refractivity contribution < 1.29 is 13.6 Å². The molecule has 13 heavy (non-hydrogen) atoms. The Morgan fingerprint density at radius 3 is 2.54 bits per heavy atom. The largest absolute Gasteiger partial charge is 0.294 e. The number of ketones is 1. The average Bonchev–Trinajstić information content (AvgIpc) is 2.04. The van der Waals surface area contributed by atoms with Crippen molar-refractivity contribution in [1.29, 1.82) is 0 Å². The van der Waals surface area contributed by atoms with E-state index in [4.69, 9.17) is 0 Å². The standard InChI is InChI=1S/C9H7F2IO/c1-5(13)7-4-6(9(10)11)2-3-8(7)12/h2-4,9H,1H3. The van der Waals surface area contributed by atoms with E-state index in [-0.39, 0.29) is 11.3 Å². The molecule has 0 saturated heterocycles. The summed E-state index contributed by atoms with van der Waals surface area (Å²) in [4.78, 5) is 11.0. The molecule has 0 amide bonds. The first-order chi connectivity index (χ1) is 6.02. The molecule has 0 radical (unpaired) electrons. The van der Waals surface area contributed by atoms with Crippen LogP contribution in [-0.4, -0.2) is 5.78 Å².